The number of rotatable bonds is 9. The molecule has 180 valence electrons. The van der Waals surface area contributed by atoms with Crippen molar-refractivity contribution in [1.82, 2.24) is 9.97 Å². The number of nitrogens with zero attached hydrogens (tertiary/aromatic N) is 2. The summed E-state index contributed by atoms with van der Waals surface area (Å²) < 4.78 is 32.4. The van der Waals surface area contributed by atoms with Gasteiger partial charge in [-0.1, -0.05) is 23.7 Å². The molecule has 0 spiro atoms. The Kier molecular flexibility index (Phi) is 7.29. The van der Waals surface area contributed by atoms with Crippen molar-refractivity contribution in [2.75, 3.05) is 11.9 Å². The first-order chi connectivity index (χ1) is 16.2. The van der Waals surface area contributed by atoms with E-state index >= 15 is 0 Å². The van der Waals surface area contributed by atoms with Crippen molar-refractivity contribution in [2.45, 2.75) is 31.4 Å². The van der Waals surface area contributed by atoms with Gasteiger partial charge in [0.25, 0.3) is 0 Å². The van der Waals surface area contributed by atoms with Crippen LogP contribution in [0.5, 0.6) is 0 Å². The highest BCUT2D eigenvalue weighted by Gasteiger charge is 2.35. The van der Waals surface area contributed by atoms with Gasteiger partial charge in [-0.05, 0) is 42.7 Å². The molecule has 1 aromatic carbocycles. The maximum atomic E-state index is 13.1. The van der Waals surface area contributed by atoms with Crippen LogP contribution in [0.25, 0.3) is 0 Å². The van der Waals surface area contributed by atoms with E-state index in [-0.39, 0.29) is 29.8 Å². The van der Waals surface area contributed by atoms with Gasteiger partial charge in [-0.3, -0.25) is 8.98 Å². The number of aliphatic hydroxyl groups is 1. The van der Waals surface area contributed by atoms with Crippen LogP contribution in [0.15, 0.2) is 53.3 Å². The zero-order chi connectivity index (χ0) is 24.3. The average Bonchev–Trinajstić information content (AvgIpc) is 3.38. The molecule has 3 aromatic rings. The lowest BCUT2D eigenvalue weighted by molar-refractivity contribution is 0.100. The Labute approximate surface area is 201 Å². The zero-order valence-electron chi connectivity index (χ0n) is 17.9. The van der Waals surface area contributed by atoms with Crippen molar-refractivity contribution < 1.29 is 26.9 Å². The second-order valence-electron chi connectivity index (χ2n) is 8.10. The molecule has 1 unspecified atom stereocenters. The summed E-state index contributed by atoms with van der Waals surface area (Å²) in [5.74, 6) is 0.205. The highest BCUT2D eigenvalue weighted by Crippen LogP contribution is 2.30. The molecule has 2 aromatic heterocycles. The van der Waals surface area contributed by atoms with Crippen molar-refractivity contribution >= 4 is 33.5 Å². The topological polar surface area (TPSA) is 158 Å². The van der Waals surface area contributed by atoms with E-state index in [1.165, 1.54) is 12.5 Å². The fraction of sp³-hybridized carbons (Fsp3) is 0.318. The molecule has 1 saturated carbocycles. The van der Waals surface area contributed by atoms with Crippen LogP contribution >= 0.6 is 11.6 Å². The summed E-state index contributed by atoms with van der Waals surface area (Å²) in [6.07, 6.45) is 3.11. The summed E-state index contributed by atoms with van der Waals surface area (Å²) in [4.78, 5) is 21.3. The van der Waals surface area contributed by atoms with Gasteiger partial charge >= 0.3 is 10.3 Å². The Hall–Kier alpha value is -2.83. The van der Waals surface area contributed by atoms with Gasteiger partial charge in [-0.2, -0.15) is 8.42 Å². The Bertz CT molecular complexity index is 1280. The number of hydrogen-bond acceptors (Lipinski definition) is 9. The minimum atomic E-state index is -4.09. The third-order valence-electron chi connectivity index (χ3n) is 5.55. The molecular weight excluding hydrogens is 484 g/mol. The monoisotopic (exact) mass is 506 g/mol. The summed E-state index contributed by atoms with van der Waals surface area (Å²) >= 11 is 6.03. The maximum Gasteiger partial charge on any atom is 0.333 e. The van der Waals surface area contributed by atoms with Gasteiger partial charge in [-0.25, -0.2) is 15.1 Å². The first kappa shape index (κ1) is 24.3. The standard InChI is InChI=1S/C22H23ClN4O6S/c23-15-3-1-2-13(6-15)7-17-4-5-20(33-17)21(29)18-10-25-12-26-22(18)27-16-8-14(19(28)9-16)11-32-34(24,30)31/h1-6,10,12,14,16,19,28H,7-9,11H2,(H2,24,30,31)(H,25,26,27)/t14-,16?,19+/m1/s1. The highest BCUT2D eigenvalue weighted by atomic mass is 35.5. The Morgan fingerprint density at radius 2 is 2.12 bits per heavy atom. The number of anilines is 1. The van der Waals surface area contributed by atoms with Crippen molar-refractivity contribution in [2.24, 2.45) is 11.1 Å². The van der Waals surface area contributed by atoms with Gasteiger partial charge in [0.2, 0.25) is 5.78 Å². The molecule has 34 heavy (non-hydrogen) atoms. The van der Waals surface area contributed by atoms with Gasteiger partial charge in [0.05, 0.1) is 18.3 Å². The lowest BCUT2D eigenvalue weighted by Gasteiger charge is -2.15. The number of nitrogens with one attached hydrogen (secondary N) is 1. The normalized spacial score (nSPS) is 20.4. The summed E-state index contributed by atoms with van der Waals surface area (Å²) in [5, 5.41) is 18.9. The molecule has 10 nitrogen and oxygen atoms in total. The van der Waals surface area contributed by atoms with Crippen LogP contribution in [0.2, 0.25) is 5.02 Å². The van der Waals surface area contributed by atoms with E-state index in [0.29, 0.717) is 30.0 Å². The molecule has 4 N–H and O–H groups in total. The number of benzene rings is 1. The van der Waals surface area contributed by atoms with Crippen molar-refractivity contribution in [3.8, 4) is 0 Å². The number of aliphatic hydroxyl groups excluding tert-OH is 1. The molecular formula is C22H23ClN4O6S. The van der Waals surface area contributed by atoms with Crippen LogP contribution in [0, 0.1) is 5.92 Å². The van der Waals surface area contributed by atoms with Crippen LogP contribution in [0.4, 0.5) is 5.82 Å². The smallest absolute Gasteiger partial charge is 0.333 e. The number of aromatic nitrogens is 2. The lowest BCUT2D eigenvalue weighted by atomic mass is 10.1. The first-order valence-electron chi connectivity index (χ1n) is 10.5. The molecule has 3 atom stereocenters. The summed E-state index contributed by atoms with van der Waals surface area (Å²) in [7, 11) is -4.09. The molecule has 1 aliphatic carbocycles. The average molecular weight is 507 g/mol. The number of carbonyl (C=O) groups is 1. The van der Waals surface area contributed by atoms with Crippen molar-refractivity contribution in [3.63, 3.8) is 0 Å². The third-order valence-corrected chi connectivity index (χ3v) is 6.25. The molecule has 0 aliphatic heterocycles. The second kappa shape index (κ2) is 10.2. The van der Waals surface area contributed by atoms with Crippen LogP contribution < -0.4 is 10.5 Å². The van der Waals surface area contributed by atoms with E-state index in [2.05, 4.69) is 19.5 Å². The van der Waals surface area contributed by atoms with Crippen LogP contribution in [-0.2, 0) is 20.9 Å². The minimum absolute atomic E-state index is 0.140. The number of hydrogen-bond donors (Lipinski definition) is 3. The molecule has 1 aliphatic rings. The summed E-state index contributed by atoms with van der Waals surface area (Å²) in [6.45, 7) is -0.227. The Balaban J connectivity index is 1.44. The van der Waals surface area contributed by atoms with Crippen molar-refractivity contribution in [3.05, 3.63) is 76.6 Å². The third kappa shape index (κ3) is 6.19. The van der Waals surface area contributed by atoms with E-state index in [9.17, 15) is 18.3 Å². The summed E-state index contributed by atoms with van der Waals surface area (Å²) in [6, 6.07) is 10.4. The van der Waals surface area contributed by atoms with Crippen molar-refractivity contribution in [1.29, 1.82) is 0 Å². The first-order valence-corrected chi connectivity index (χ1v) is 12.3. The molecule has 1 fully saturated rings. The van der Waals surface area contributed by atoms with E-state index in [0.717, 1.165) is 5.56 Å². The van der Waals surface area contributed by atoms with Gasteiger partial charge in [0, 0.05) is 29.6 Å². The molecule has 12 heteroatoms. The number of ketones is 1. The fourth-order valence-corrected chi connectivity index (χ4v) is 4.54. The fourth-order valence-electron chi connectivity index (χ4n) is 3.96. The quantitative estimate of drug-likeness (QED) is 0.370. The molecule has 0 amide bonds. The number of carbonyl (C=O) groups excluding carboxylic acids is 1. The molecule has 0 bridgehead atoms. The van der Waals surface area contributed by atoms with Crippen LogP contribution in [-0.4, -0.2) is 48.0 Å². The molecule has 0 radical (unpaired) electrons. The lowest BCUT2D eigenvalue weighted by Crippen LogP contribution is -2.24. The van der Waals surface area contributed by atoms with Gasteiger partial charge < -0.3 is 14.8 Å². The van der Waals surface area contributed by atoms with E-state index in [1.807, 2.05) is 18.2 Å². The Morgan fingerprint density at radius 3 is 2.88 bits per heavy atom. The number of halogens is 1. The summed E-state index contributed by atoms with van der Waals surface area (Å²) in [5.41, 5.74) is 1.16. The van der Waals surface area contributed by atoms with Gasteiger partial charge in [0.1, 0.15) is 17.9 Å². The molecule has 0 saturated heterocycles. The number of furan rings is 1. The van der Waals surface area contributed by atoms with E-state index in [4.69, 9.17) is 21.2 Å². The SMILES string of the molecule is NS(=O)(=O)OC[C@H]1CC(Nc2ncncc2C(=O)c2ccc(Cc3cccc(Cl)c3)o2)C[C@@H]1O. The van der Waals surface area contributed by atoms with Gasteiger partial charge in [-0.15, -0.1) is 0 Å². The maximum absolute atomic E-state index is 13.1. The van der Waals surface area contributed by atoms with E-state index < -0.39 is 28.1 Å². The highest BCUT2D eigenvalue weighted by molar-refractivity contribution is 7.84. The predicted molar refractivity (Wildman–Crippen MR) is 124 cm³/mol. The predicted octanol–water partition coefficient (Wildman–Crippen LogP) is 2.32. The van der Waals surface area contributed by atoms with Crippen LogP contribution in [0.1, 0.15) is 40.3 Å². The largest absolute Gasteiger partial charge is 0.457 e. The number of nitrogens with two attached hydrogens (primary N) is 1. The molecule has 2 heterocycles. The zero-order valence-corrected chi connectivity index (χ0v) is 19.5. The Morgan fingerprint density at radius 1 is 1.29 bits per heavy atom. The van der Waals surface area contributed by atoms with Crippen LogP contribution in [0.3, 0.4) is 0 Å². The van der Waals surface area contributed by atoms with E-state index in [1.54, 1.807) is 18.2 Å². The minimum Gasteiger partial charge on any atom is -0.457 e. The molecule has 4 rings (SSSR count). The van der Waals surface area contributed by atoms with Gasteiger partial charge in [0.15, 0.2) is 5.76 Å². The second-order valence-corrected chi connectivity index (χ2v) is 9.76.